The highest BCUT2D eigenvalue weighted by Gasteiger charge is 2.32. The monoisotopic (exact) mass is 402 g/mol. The lowest BCUT2D eigenvalue weighted by Crippen LogP contribution is -2.54. The molecule has 2 heterocycles. The summed E-state index contributed by atoms with van der Waals surface area (Å²) in [5.41, 5.74) is 0.832. The minimum atomic E-state index is -0.565. The number of rotatable bonds is 3. The number of hydrogen-bond acceptors (Lipinski definition) is 5. The number of para-hydroxylation sites is 1. The van der Waals surface area contributed by atoms with Crippen LogP contribution >= 0.6 is 11.6 Å². The molecule has 0 bridgehead atoms. The first-order chi connectivity index (χ1) is 13.5. The first-order valence-corrected chi connectivity index (χ1v) is 9.47. The number of amides is 3. The van der Waals surface area contributed by atoms with E-state index in [9.17, 15) is 14.4 Å². The van der Waals surface area contributed by atoms with Crippen molar-refractivity contribution < 1.29 is 14.4 Å². The molecule has 2 fully saturated rings. The molecule has 1 saturated heterocycles. The Morgan fingerprint density at radius 2 is 1.71 bits per heavy atom. The molecule has 4 rings (SSSR count). The molecule has 0 atom stereocenters. The molecular weight excluding hydrogens is 384 g/mol. The lowest BCUT2D eigenvalue weighted by Gasteiger charge is -2.33. The highest BCUT2D eigenvalue weighted by molar-refractivity contribution is 6.35. The van der Waals surface area contributed by atoms with Gasteiger partial charge in [0, 0.05) is 32.2 Å². The first-order valence-electron chi connectivity index (χ1n) is 9.09. The molecule has 1 N–H and O–H groups in total. The van der Waals surface area contributed by atoms with Gasteiger partial charge in [0.15, 0.2) is 5.69 Å². The number of benzene rings is 1. The number of nitrogens with one attached hydrogen (secondary N) is 1. The van der Waals surface area contributed by atoms with Crippen molar-refractivity contribution in [3.05, 3.63) is 41.2 Å². The van der Waals surface area contributed by atoms with E-state index in [4.69, 9.17) is 11.6 Å². The van der Waals surface area contributed by atoms with Crippen molar-refractivity contribution in [2.75, 3.05) is 26.2 Å². The molecule has 10 heteroatoms. The van der Waals surface area contributed by atoms with Crippen molar-refractivity contribution in [2.24, 2.45) is 0 Å². The summed E-state index contributed by atoms with van der Waals surface area (Å²) in [5, 5.41) is 11.1. The Morgan fingerprint density at radius 3 is 2.39 bits per heavy atom. The molecule has 2 aromatic rings. The van der Waals surface area contributed by atoms with Crippen LogP contribution in [-0.4, -0.2) is 74.7 Å². The van der Waals surface area contributed by atoms with Gasteiger partial charge in [-0.15, -0.1) is 5.10 Å². The average Bonchev–Trinajstić information content (AvgIpc) is 3.39. The second kappa shape index (κ2) is 7.59. The number of aromatic nitrogens is 3. The smallest absolute Gasteiger partial charge is 0.312 e. The van der Waals surface area contributed by atoms with Crippen molar-refractivity contribution in [1.82, 2.24) is 30.1 Å². The van der Waals surface area contributed by atoms with E-state index in [1.165, 1.54) is 15.8 Å². The largest absolute Gasteiger partial charge is 0.345 e. The maximum absolute atomic E-state index is 12.7. The predicted molar refractivity (Wildman–Crippen MR) is 100 cm³/mol. The lowest BCUT2D eigenvalue weighted by molar-refractivity contribution is -0.146. The van der Waals surface area contributed by atoms with Gasteiger partial charge in [0.25, 0.3) is 5.91 Å². The van der Waals surface area contributed by atoms with E-state index in [-0.39, 0.29) is 17.6 Å². The standard InChI is InChI=1S/C18H19ClN6O3/c19-13-3-1-2-4-15(13)25-11-14(21-22-25)17(27)23-7-9-24(10-8-23)18(28)16(26)20-12-5-6-12/h1-4,11-12H,5-10H2,(H,20,26). The Hall–Kier alpha value is -2.94. The van der Waals surface area contributed by atoms with Crippen LogP contribution < -0.4 is 5.32 Å². The SMILES string of the molecule is O=C(NC1CC1)C(=O)N1CCN(C(=O)c2cn(-c3ccccc3Cl)nn2)CC1. The normalized spacial score (nSPS) is 16.8. The van der Waals surface area contributed by atoms with Crippen LogP contribution in [0.1, 0.15) is 23.3 Å². The molecule has 9 nitrogen and oxygen atoms in total. The van der Waals surface area contributed by atoms with Crippen LogP contribution in [0.3, 0.4) is 0 Å². The molecule has 2 aliphatic rings. The van der Waals surface area contributed by atoms with E-state index in [1.54, 1.807) is 23.1 Å². The molecular formula is C18H19ClN6O3. The molecule has 0 radical (unpaired) electrons. The van der Waals surface area contributed by atoms with Gasteiger partial charge in [0.2, 0.25) is 0 Å². The molecule has 1 aromatic carbocycles. The van der Waals surface area contributed by atoms with E-state index in [1.807, 2.05) is 6.07 Å². The maximum atomic E-state index is 12.7. The highest BCUT2D eigenvalue weighted by Crippen LogP contribution is 2.20. The molecule has 0 spiro atoms. The summed E-state index contributed by atoms with van der Waals surface area (Å²) >= 11 is 6.15. The summed E-state index contributed by atoms with van der Waals surface area (Å²) in [6.07, 6.45) is 3.39. The Labute approximate surface area is 166 Å². The number of piperazine rings is 1. The average molecular weight is 403 g/mol. The third-order valence-corrected chi connectivity index (χ3v) is 5.09. The van der Waals surface area contributed by atoms with Gasteiger partial charge < -0.3 is 15.1 Å². The first kappa shape index (κ1) is 18.4. The zero-order valence-corrected chi connectivity index (χ0v) is 15.8. The van der Waals surface area contributed by atoms with Crippen LogP contribution in [0.25, 0.3) is 5.69 Å². The molecule has 3 amide bonds. The molecule has 1 aliphatic heterocycles. The fourth-order valence-electron chi connectivity index (χ4n) is 3.01. The van der Waals surface area contributed by atoms with Crippen molar-refractivity contribution in [1.29, 1.82) is 0 Å². The highest BCUT2D eigenvalue weighted by atomic mass is 35.5. The minimum Gasteiger partial charge on any atom is -0.345 e. The van der Waals surface area contributed by atoms with Gasteiger partial charge in [-0.05, 0) is 25.0 Å². The summed E-state index contributed by atoms with van der Waals surface area (Å²) in [7, 11) is 0. The Kier molecular flexibility index (Phi) is 4.99. The van der Waals surface area contributed by atoms with E-state index in [2.05, 4.69) is 15.6 Å². The van der Waals surface area contributed by atoms with E-state index < -0.39 is 11.8 Å². The van der Waals surface area contributed by atoms with Gasteiger partial charge in [-0.3, -0.25) is 14.4 Å². The number of halogens is 1. The second-order valence-corrected chi connectivity index (χ2v) is 7.24. The minimum absolute atomic E-state index is 0.139. The number of hydrogen-bond donors (Lipinski definition) is 1. The zero-order valence-electron chi connectivity index (χ0n) is 15.0. The molecule has 28 heavy (non-hydrogen) atoms. The van der Waals surface area contributed by atoms with Gasteiger partial charge in [-0.2, -0.15) is 0 Å². The zero-order chi connectivity index (χ0) is 19.7. The van der Waals surface area contributed by atoms with Crippen LogP contribution in [0.15, 0.2) is 30.5 Å². The van der Waals surface area contributed by atoms with Crippen molar-refractivity contribution in [3.8, 4) is 5.69 Å². The third kappa shape index (κ3) is 3.84. The fourth-order valence-corrected chi connectivity index (χ4v) is 3.23. The van der Waals surface area contributed by atoms with Gasteiger partial charge in [0.1, 0.15) is 0 Å². The van der Waals surface area contributed by atoms with Crippen LogP contribution in [0.2, 0.25) is 5.02 Å². The van der Waals surface area contributed by atoms with Crippen LogP contribution in [0.4, 0.5) is 0 Å². The number of nitrogens with zero attached hydrogens (tertiary/aromatic N) is 5. The summed E-state index contributed by atoms with van der Waals surface area (Å²) in [6, 6.07) is 7.28. The maximum Gasteiger partial charge on any atom is 0.312 e. The van der Waals surface area contributed by atoms with Crippen LogP contribution in [-0.2, 0) is 9.59 Å². The topological polar surface area (TPSA) is 100 Å². The molecule has 1 saturated carbocycles. The molecule has 1 aromatic heterocycles. The van der Waals surface area contributed by atoms with Gasteiger partial charge in [0.05, 0.1) is 16.9 Å². The summed E-state index contributed by atoms with van der Waals surface area (Å²) in [6.45, 7) is 1.28. The van der Waals surface area contributed by atoms with Gasteiger partial charge in [-0.25, -0.2) is 4.68 Å². The van der Waals surface area contributed by atoms with E-state index in [0.29, 0.717) is 36.9 Å². The Morgan fingerprint density at radius 1 is 1.04 bits per heavy atom. The Balaban J connectivity index is 1.36. The molecule has 146 valence electrons. The number of carbonyl (C=O) groups excluding carboxylic acids is 3. The summed E-state index contributed by atoms with van der Waals surface area (Å²) in [5.74, 6) is -1.37. The fraction of sp³-hybridized carbons (Fsp3) is 0.389. The van der Waals surface area contributed by atoms with Crippen molar-refractivity contribution >= 4 is 29.3 Å². The summed E-state index contributed by atoms with van der Waals surface area (Å²) < 4.78 is 1.46. The molecule has 0 unspecified atom stereocenters. The third-order valence-electron chi connectivity index (χ3n) is 4.77. The molecule has 1 aliphatic carbocycles. The van der Waals surface area contributed by atoms with Crippen molar-refractivity contribution in [2.45, 2.75) is 18.9 Å². The lowest BCUT2D eigenvalue weighted by atomic mass is 10.2. The number of carbonyl (C=O) groups is 3. The summed E-state index contributed by atoms with van der Waals surface area (Å²) in [4.78, 5) is 39.8. The van der Waals surface area contributed by atoms with Crippen LogP contribution in [0, 0.1) is 0 Å². The van der Waals surface area contributed by atoms with Gasteiger partial charge >= 0.3 is 11.8 Å². The predicted octanol–water partition coefficient (Wildman–Crippen LogP) is 0.484. The Bertz CT molecular complexity index is 918. The van der Waals surface area contributed by atoms with E-state index in [0.717, 1.165) is 12.8 Å². The quantitative estimate of drug-likeness (QED) is 0.753. The van der Waals surface area contributed by atoms with Crippen LogP contribution in [0.5, 0.6) is 0 Å². The second-order valence-electron chi connectivity index (χ2n) is 6.83. The van der Waals surface area contributed by atoms with E-state index >= 15 is 0 Å². The van der Waals surface area contributed by atoms with Crippen molar-refractivity contribution in [3.63, 3.8) is 0 Å². The van der Waals surface area contributed by atoms with Gasteiger partial charge in [-0.1, -0.05) is 28.9 Å².